The fourth-order valence-electron chi connectivity index (χ4n) is 3.14. The number of hydrogen-bond acceptors (Lipinski definition) is 5. The predicted octanol–water partition coefficient (Wildman–Crippen LogP) is 2.48. The van der Waals surface area contributed by atoms with E-state index in [9.17, 15) is 9.59 Å². The summed E-state index contributed by atoms with van der Waals surface area (Å²) in [7, 11) is 1.64. The highest BCUT2D eigenvalue weighted by Crippen LogP contribution is 2.22. The number of ether oxygens (including phenoxy) is 2. The van der Waals surface area contributed by atoms with Crippen LogP contribution >= 0.6 is 0 Å². The average molecular weight is 384 g/mol. The van der Waals surface area contributed by atoms with Gasteiger partial charge in [-0.15, -0.1) is 0 Å². The molecule has 3 rings (SSSR count). The van der Waals surface area contributed by atoms with Crippen molar-refractivity contribution in [2.45, 2.75) is 19.1 Å². The van der Waals surface area contributed by atoms with E-state index in [0.29, 0.717) is 18.8 Å². The Kier molecular flexibility index (Phi) is 6.28. The predicted molar refractivity (Wildman–Crippen MR) is 105 cm³/mol. The van der Waals surface area contributed by atoms with Crippen LogP contribution in [-0.2, 0) is 9.53 Å². The molecular weight excluding hydrogens is 360 g/mol. The molecule has 148 valence electrons. The highest BCUT2D eigenvalue weighted by atomic mass is 16.5. The Balaban J connectivity index is 1.63. The third kappa shape index (κ3) is 4.68. The van der Waals surface area contributed by atoms with Gasteiger partial charge in [0.25, 0.3) is 5.91 Å². The molecule has 0 bridgehead atoms. The SMILES string of the molecule is COc1cccc([C@@H](C)NCC2CN(c3cccc(C(=O)O)c3)C(=O)CO2)c1. The summed E-state index contributed by atoms with van der Waals surface area (Å²) in [6.45, 7) is 2.94. The zero-order chi connectivity index (χ0) is 20.1. The van der Waals surface area contributed by atoms with E-state index in [1.165, 1.54) is 12.1 Å². The Morgan fingerprint density at radius 2 is 2.11 bits per heavy atom. The Labute approximate surface area is 163 Å². The van der Waals surface area contributed by atoms with Gasteiger partial charge in [-0.25, -0.2) is 4.79 Å². The van der Waals surface area contributed by atoms with Gasteiger partial charge in [0, 0.05) is 18.3 Å². The molecule has 0 saturated carbocycles. The Bertz CT molecular complexity index is 854. The van der Waals surface area contributed by atoms with Crippen molar-refractivity contribution in [1.29, 1.82) is 0 Å². The maximum Gasteiger partial charge on any atom is 0.335 e. The molecule has 2 atom stereocenters. The second kappa shape index (κ2) is 8.86. The number of amides is 1. The van der Waals surface area contributed by atoms with Gasteiger partial charge in [0.05, 0.1) is 25.3 Å². The molecule has 0 radical (unpaired) electrons. The van der Waals surface area contributed by atoms with E-state index in [-0.39, 0.29) is 30.2 Å². The van der Waals surface area contributed by atoms with Crippen LogP contribution in [0.4, 0.5) is 5.69 Å². The monoisotopic (exact) mass is 384 g/mol. The molecule has 1 unspecified atom stereocenters. The zero-order valence-corrected chi connectivity index (χ0v) is 15.9. The summed E-state index contributed by atoms with van der Waals surface area (Å²) in [5.74, 6) is -0.400. The Morgan fingerprint density at radius 3 is 2.86 bits per heavy atom. The molecule has 1 fully saturated rings. The highest BCUT2D eigenvalue weighted by Gasteiger charge is 2.28. The smallest absolute Gasteiger partial charge is 0.335 e. The second-order valence-electron chi connectivity index (χ2n) is 6.70. The number of morpholine rings is 1. The zero-order valence-electron chi connectivity index (χ0n) is 15.9. The van der Waals surface area contributed by atoms with Gasteiger partial charge in [0.1, 0.15) is 12.4 Å². The molecule has 2 aromatic carbocycles. The number of carboxylic acid groups (broad SMARTS) is 1. The lowest BCUT2D eigenvalue weighted by Crippen LogP contribution is -2.50. The van der Waals surface area contributed by atoms with Crippen LogP contribution in [0.15, 0.2) is 48.5 Å². The van der Waals surface area contributed by atoms with Crippen molar-refractivity contribution in [2.24, 2.45) is 0 Å². The molecule has 1 aliphatic rings. The third-order valence-corrected chi connectivity index (χ3v) is 4.78. The summed E-state index contributed by atoms with van der Waals surface area (Å²) < 4.78 is 10.9. The minimum Gasteiger partial charge on any atom is -0.497 e. The summed E-state index contributed by atoms with van der Waals surface area (Å²) in [5, 5.41) is 12.6. The van der Waals surface area contributed by atoms with Gasteiger partial charge in [-0.3, -0.25) is 4.79 Å². The standard InChI is InChI=1S/C21H24N2O5/c1-14(15-5-4-8-18(10-15)27-2)22-11-19-12-23(20(24)13-28-19)17-7-3-6-16(9-17)21(25)26/h3-10,14,19,22H,11-13H2,1-2H3,(H,25,26)/t14-,19?/m1/s1. The average Bonchev–Trinajstić information content (AvgIpc) is 2.73. The summed E-state index contributed by atoms with van der Waals surface area (Å²) in [4.78, 5) is 25.0. The maximum atomic E-state index is 12.3. The van der Waals surface area contributed by atoms with Crippen molar-refractivity contribution in [1.82, 2.24) is 5.32 Å². The first-order valence-corrected chi connectivity index (χ1v) is 9.10. The van der Waals surface area contributed by atoms with Crippen LogP contribution in [0.3, 0.4) is 0 Å². The number of anilines is 1. The number of benzene rings is 2. The number of aromatic carboxylic acids is 1. The van der Waals surface area contributed by atoms with Crippen molar-refractivity contribution in [3.8, 4) is 5.75 Å². The van der Waals surface area contributed by atoms with Crippen LogP contribution in [0.25, 0.3) is 0 Å². The van der Waals surface area contributed by atoms with Crippen molar-refractivity contribution < 1.29 is 24.2 Å². The molecule has 0 spiro atoms. The van der Waals surface area contributed by atoms with Crippen LogP contribution < -0.4 is 15.0 Å². The molecule has 1 aliphatic heterocycles. The van der Waals surface area contributed by atoms with Crippen molar-refractivity contribution in [3.05, 3.63) is 59.7 Å². The molecule has 1 amide bonds. The number of carbonyl (C=O) groups excluding carboxylic acids is 1. The van der Waals surface area contributed by atoms with E-state index in [1.807, 2.05) is 24.3 Å². The van der Waals surface area contributed by atoms with Crippen molar-refractivity contribution in [2.75, 3.05) is 31.7 Å². The van der Waals surface area contributed by atoms with Gasteiger partial charge in [0.15, 0.2) is 0 Å². The summed E-state index contributed by atoms with van der Waals surface area (Å²) in [5.41, 5.74) is 1.81. The normalized spacial score (nSPS) is 18.0. The number of hydrogen-bond donors (Lipinski definition) is 2. The summed E-state index contributed by atoms with van der Waals surface area (Å²) in [6.07, 6.45) is -0.195. The van der Waals surface area contributed by atoms with Gasteiger partial charge in [-0.1, -0.05) is 18.2 Å². The van der Waals surface area contributed by atoms with E-state index < -0.39 is 5.97 Å². The number of methoxy groups -OCH3 is 1. The van der Waals surface area contributed by atoms with Crippen molar-refractivity contribution in [3.63, 3.8) is 0 Å². The molecule has 0 aliphatic carbocycles. The van der Waals surface area contributed by atoms with Crippen molar-refractivity contribution >= 4 is 17.6 Å². The summed E-state index contributed by atoms with van der Waals surface area (Å²) in [6, 6.07) is 14.3. The lowest BCUT2D eigenvalue weighted by Gasteiger charge is -2.33. The van der Waals surface area contributed by atoms with Gasteiger partial charge in [0.2, 0.25) is 0 Å². The van der Waals surface area contributed by atoms with Crippen LogP contribution in [-0.4, -0.2) is 49.9 Å². The molecule has 7 nitrogen and oxygen atoms in total. The van der Waals surface area contributed by atoms with E-state index >= 15 is 0 Å². The lowest BCUT2D eigenvalue weighted by molar-refractivity contribution is -0.129. The number of nitrogens with zero attached hydrogens (tertiary/aromatic N) is 1. The van der Waals surface area contributed by atoms with Gasteiger partial charge >= 0.3 is 5.97 Å². The maximum absolute atomic E-state index is 12.3. The Morgan fingerprint density at radius 1 is 1.32 bits per heavy atom. The van der Waals surface area contributed by atoms with E-state index in [2.05, 4.69) is 12.2 Å². The number of nitrogens with one attached hydrogen (secondary N) is 1. The minimum atomic E-state index is -1.02. The lowest BCUT2D eigenvalue weighted by atomic mass is 10.1. The van der Waals surface area contributed by atoms with E-state index in [0.717, 1.165) is 11.3 Å². The fourth-order valence-corrected chi connectivity index (χ4v) is 3.14. The molecule has 0 aromatic heterocycles. The fraction of sp³-hybridized carbons (Fsp3) is 0.333. The van der Waals surface area contributed by atoms with Crippen LogP contribution in [0, 0.1) is 0 Å². The minimum absolute atomic E-state index is 0.0306. The van der Waals surface area contributed by atoms with Gasteiger partial charge in [-0.05, 0) is 42.8 Å². The van der Waals surface area contributed by atoms with Gasteiger partial charge in [-0.2, -0.15) is 0 Å². The first kappa shape index (κ1) is 19.9. The number of carboxylic acids is 1. The summed E-state index contributed by atoms with van der Waals surface area (Å²) >= 11 is 0. The van der Waals surface area contributed by atoms with E-state index in [1.54, 1.807) is 24.1 Å². The molecule has 7 heteroatoms. The molecule has 1 heterocycles. The molecule has 28 heavy (non-hydrogen) atoms. The van der Waals surface area contributed by atoms with Crippen LogP contribution in [0.5, 0.6) is 5.75 Å². The third-order valence-electron chi connectivity index (χ3n) is 4.78. The number of carbonyl (C=O) groups is 2. The quantitative estimate of drug-likeness (QED) is 0.763. The number of rotatable bonds is 7. The largest absolute Gasteiger partial charge is 0.497 e. The molecule has 2 N–H and O–H groups in total. The topological polar surface area (TPSA) is 88.1 Å². The molecule has 2 aromatic rings. The first-order valence-electron chi connectivity index (χ1n) is 9.10. The first-order chi connectivity index (χ1) is 13.5. The molecular formula is C21H24N2O5. The highest BCUT2D eigenvalue weighted by molar-refractivity contribution is 5.96. The Hall–Kier alpha value is -2.90. The van der Waals surface area contributed by atoms with Crippen LogP contribution in [0.2, 0.25) is 0 Å². The van der Waals surface area contributed by atoms with E-state index in [4.69, 9.17) is 14.6 Å². The second-order valence-corrected chi connectivity index (χ2v) is 6.70. The van der Waals surface area contributed by atoms with Gasteiger partial charge < -0.3 is 24.8 Å². The molecule has 1 saturated heterocycles. The van der Waals surface area contributed by atoms with Crippen LogP contribution in [0.1, 0.15) is 28.9 Å².